The molecule has 2 aromatic rings. The third-order valence-electron chi connectivity index (χ3n) is 2.71. The van der Waals surface area contributed by atoms with Crippen LogP contribution in [0.4, 0.5) is 17.1 Å². The van der Waals surface area contributed by atoms with E-state index in [1.54, 1.807) is 18.2 Å². The SMILES string of the molecule is CC(C)OC(=O)c1cc(N)ccc1Nc1cccc(Br)c1. The van der Waals surface area contributed by atoms with Gasteiger partial charge in [0, 0.05) is 15.8 Å². The molecule has 0 unspecified atom stereocenters. The van der Waals surface area contributed by atoms with Crippen molar-refractivity contribution >= 4 is 39.0 Å². The lowest BCUT2D eigenvalue weighted by molar-refractivity contribution is 0.0379. The largest absolute Gasteiger partial charge is 0.459 e. The number of anilines is 3. The minimum Gasteiger partial charge on any atom is -0.459 e. The van der Waals surface area contributed by atoms with Crippen LogP contribution in [-0.4, -0.2) is 12.1 Å². The molecule has 0 aliphatic rings. The number of nitrogens with one attached hydrogen (secondary N) is 1. The van der Waals surface area contributed by atoms with Crippen molar-refractivity contribution in [3.63, 3.8) is 0 Å². The lowest BCUT2D eigenvalue weighted by Crippen LogP contribution is -2.13. The molecule has 0 spiro atoms. The molecule has 3 N–H and O–H groups in total. The lowest BCUT2D eigenvalue weighted by Gasteiger charge is -2.14. The number of hydrogen-bond donors (Lipinski definition) is 2. The third-order valence-corrected chi connectivity index (χ3v) is 3.20. The summed E-state index contributed by atoms with van der Waals surface area (Å²) in [5.41, 5.74) is 8.24. The van der Waals surface area contributed by atoms with Gasteiger partial charge < -0.3 is 15.8 Å². The first-order chi connectivity index (χ1) is 9.95. The zero-order valence-electron chi connectivity index (χ0n) is 11.9. The van der Waals surface area contributed by atoms with Gasteiger partial charge in [0.15, 0.2) is 0 Å². The number of benzene rings is 2. The van der Waals surface area contributed by atoms with Crippen LogP contribution in [-0.2, 0) is 4.74 Å². The molecular weight excluding hydrogens is 332 g/mol. The van der Waals surface area contributed by atoms with Crippen molar-refractivity contribution in [3.05, 3.63) is 52.5 Å². The predicted octanol–water partition coefficient (Wildman–Crippen LogP) is 4.34. The minimum atomic E-state index is -0.394. The Morgan fingerprint density at radius 2 is 2.00 bits per heavy atom. The summed E-state index contributed by atoms with van der Waals surface area (Å²) in [6.45, 7) is 3.62. The zero-order valence-corrected chi connectivity index (χ0v) is 13.5. The van der Waals surface area contributed by atoms with E-state index < -0.39 is 5.97 Å². The van der Waals surface area contributed by atoms with Crippen molar-refractivity contribution < 1.29 is 9.53 Å². The van der Waals surface area contributed by atoms with Crippen molar-refractivity contribution in [1.82, 2.24) is 0 Å². The molecule has 21 heavy (non-hydrogen) atoms. The second kappa shape index (κ2) is 6.63. The van der Waals surface area contributed by atoms with E-state index >= 15 is 0 Å². The van der Waals surface area contributed by atoms with E-state index in [9.17, 15) is 4.79 Å². The maximum absolute atomic E-state index is 12.2. The first kappa shape index (κ1) is 15.4. The Balaban J connectivity index is 2.32. The van der Waals surface area contributed by atoms with Crippen molar-refractivity contribution in [2.45, 2.75) is 20.0 Å². The predicted molar refractivity (Wildman–Crippen MR) is 88.8 cm³/mol. The fourth-order valence-corrected chi connectivity index (χ4v) is 2.24. The lowest BCUT2D eigenvalue weighted by atomic mass is 10.1. The minimum absolute atomic E-state index is 0.183. The molecule has 0 saturated carbocycles. The van der Waals surface area contributed by atoms with Gasteiger partial charge in [-0.3, -0.25) is 0 Å². The Labute approximate surface area is 132 Å². The van der Waals surface area contributed by atoms with E-state index in [4.69, 9.17) is 10.5 Å². The summed E-state index contributed by atoms with van der Waals surface area (Å²) in [5.74, 6) is -0.394. The van der Waals surface area contributed by atoms with Crippen molar-refractivity contribution in [1.29, 1.82) is 0 Å². The number of halogens is 1. The summed E-state index contributed by atoms with van der Waals surface area (Å²) in [7, 11) is 0. The molecule has 5 heteroatoms. The average molecular weight is 349 g/mol. The molecule has 0 fully saturated rings. The number of carbonyl (C=O) groups is 1. The van der Waals surface area contributed by atoms with Gasteiger partial charge in [-0.2, -0.15) is 0 Å². The summed E-state index contributed by atoms with van der Waals surface area (Å²) < 4.78 is 6.20. The standard InChI is InChI=1S/C16H17BrN2O2/c1-10(2)21-16(20)14-9-12(18)6-7-15(14)19-13-5-3-4-11(17)8-13/h3-10,19H,18H2,1-2H3. The Morgan fingerprint density at radius 1 is 1.24 bits per heavy atom. The van der Waals surface area contributed by atoms with Gasteiger partial charge in [0.25, 0.3) is 0 Å². The monoisotopic (exact) mass is 348 g/mol. The highest BCUT2D eigenvalue weighted by molar-refractivity contribution is 9.10. The number of rotatable bonds is 4. The molecule has 4 nitrogen and oxygen atoms in total. The molecule has 2 rings (SSSR count). The maximum Gasteiger partial charge on any atom is 0.340 e. The number of carbonyl (C=O) groups excluding carboxylic acids is 1. The number of nitrogen functional groups attached to an aromatic ring is 1. The molecule has 0 aliphatic carbocycles. The van der Waals surface area contributed by atoms with Crippen molar-refractivity contribution in [3.8, 4) is 0 Å². The normalized spacial score (nSPS) is 10.5. The van der Waals surface area contributed by atoms with Crippen LogP contribution in [0, 0.1) is 0 Å². The molecule has 0 saturated heterocycles. The number of ether oxygens (including phenoxy) is 1. The summed E-state index contributed by atoms with van der Waals surface area (Å²) in [5, 5.41) is 3.21. The van der Waals surface area contributed by atoms with E-state index in [1.165, 1.54) is 0 Å². The van der Waals surface area contributed by atoms with Gasteiger partial charge >= 0.3 is 5.97 Å². The van der Waals surface area contributed by atoms with E-state index in [1.807, 2.05) is 38.1 Å². The third kappa shape index (κ3) is 4.23. The van der Waals surface area contributed by atoms with Crippen LogP contribution in [0.3, 0.4) is 0 Å². The Kier molecular flexibility index (Phi) is 4.85. The fourth-order valence-electron chi connectivity index (χ4n) is 1.84. The van der Waals surface area contributed by atoms with Crippen LogP contribution >= 0.6 is 15.9 Å². The zero-order chi connectivity index (χ0) is 15.4. The second-order valence-electron chi connectivity index (χ2n) is 4.89. The maximum atomic E-state index is 12.2. The summed E-state index contributed by atoms with van der Waals surface area (Å²) >= 11 is 3.42. The van der Waals surface area contributed by atoms with Crippen LogP contribution < -0.4 is 11.1 Å². The first-order valence-corrected chi connectivity index (χ1v) is 7.38. The van der Waals surface area contributed by atoms with Crippen molar-refractivity contribution in [2.75, 3.05) is 11.1 Å². The van der Waals surface area contributed by atoms with Gasteiger partial charge in [0.05, 0.1) is 17.4 Å². The van der Waals surface area contributed by atoms with Gasteiger partial charge in [-0.15, -0.1) is 0 Å². The van der Waals surface area contributed by atoms with Gasteiger partial charge in [0.2, 0.25) is 0 Å². The average Bonchev–Trinajstić information content (AvgIpc) is 2.40. The van der Waals surface area contributed by atoms with E-state index in [0.29, 0.717) is 16.9 Å². The van der Waals surface area contributed by atoms with E-state index in [2.05, 4.69) is 21.2 Å². The number of nitrogens with two attached hydrogens (primary N) is 1. The molecule has 0 heterocycles. The quantitative estimate of drug-likeness (QED) is 0.637. The van der Waals surface area contributed by atoms with E-state index in [-0.39, 0.29) is 6.10 Å². The van der Waals surface area contributed by atoms with E-state index in [0.717, 1.165) is 10.2 Å². The topological polar surface area (TPSA) is 64.3 Å². The summed E-state index contributed by atoms with van der Waals surface area (Å²) in [6.07, 6.45) is -0.183. The fraction of sp³-hybridized carbons (Fsp3) is 0.188. The Bertz CT molecular complexity index is 656. The van der Waals surface area contributed by atoms with Gasteiger partial charge in [-0.05, 0) is 50.2 Å². The molecule has 0 atom stereocenters. The smallest absolute Gasteiger partial charge is 0.340 e. The van der Waals surface area contributed by atoms with Gasteiger partial charge in [-0.25, -0.2) is 4.79 Å². The van der Waals surface area contributed by atoms with Gasteiger partial charge in [-0.1, -0.05) is 22.0 Å². The van der Waals surface area contributed by atoms with Crippen LogP contribution in [0.1, 0.15) is 24.2 Å². The highest BCUT2D eigenvalue weighted by Gasteiger charge is 2.15. The number of esters is 1. The summed E-state index contributed by atoms with van der Waals surface area (Å²) in [4.78, 5) is 12.2. The highest BCUT2D eigenvalue weighted by Crippen LogP contribution is 2.26. The number of hydrogen-bond acceptors (Lipinski definition) is 4. The molecule has 0 bridgehead atoms. The Hall–Kier alpha value is -2.01. The molecule has 0 aromatic heterocycles. The van der Waals surface area contributed by atoms with Gasteiger partial charge in [0.1, 0.15) is 0 Å². The molecule has 110 valence electrons. The van der Waals surface area contributed by atoms with Crippen molar-refractivity contribution in [2.24, 2.45) is 0 Å². The molecule has 0 amide bonds. The highest BCUT2D eigenvalue weighted by atomic mass is 79.9. The molecular formula is C16H17BrN2O2. The Morgan fingerprint density at radius 3 is 2.67 bits per heavy atom. The first-order valence-electron chi connectivity index (χ1n) is 6.59. The van der Waals surface area contributed by atoms with Crippen LogP contribution in [0.5, 0.6) is 0 Å². The summed E-state index contributed by atoms with van der Waals surface area (Å²) in [6, 6.07) is 12.8. The van der Waals surface area contributed by atoms with Crippen LogP contribution in [0.15, 0.2) is 46.9 Å². The molecule has 0 radical (unpaired) electrons. The second-order valence-corrected chi connectivity index (χ2v) is 5.81. The molecule has 2 aromatic carbocycles. The van der Waals surface area contributed by atoms with Crippen LogP contribution in [0.2, 0.25) is 0 Å². The molecule has 0 aliphatic heterocycles. The van der Waals surface area contributed by atoms with Crippen LogP contribution in [0.25, 0.3) is 0 Å².